The maximum atomic E-state index is 8.61. The number of nitrogens with zero attached hydrogens (tertiary/aromatic N) is 1. The summed E-state index contributed by atoms with van der Waals surface area (Å²) < 4.78 is 5.53. The first-order valence-corrected chi connectivity index (χ1v) is 6.30. The molecule has 0 aromatic heterocycles. The summed E-state index contributed by atoms with van der Waals surface area (Å²) in [4.78, 5) is 0. The lowest BCUT2D eigenvalue weighted by atomic mass is 10.2. The van der Waals surface area contributed by atoms with Crippen molar-refractivity contribution in [3.8, 4) is 5.75 Å². The van der Waals surface area contributed by atoms with Gasteiger partial charge in [0, 0.05) is 18.7 Å². The largest absolute Gasteiger partial charge is 0.492 e. The van der Waals surface area contributed by atoms with Crippen LogP contribution in [0.3, 0.4) is 0 Å². The predicted octanol–water partition coefficient (Wildman–Crippen LogP) is 0.522. The van der Waals surface area contributed by atoms with E-state index in [9.17, 15) is 0 Å². The molecule has 0 heterocycles. The molecule has 0 atom stereocenters. The second-order valence-corrected chi connectivity index (χ2v) is 4.04. The summed E-state index contributed by atoms with van der Waals surface area (Å²) in [5, 5.41) is 23.3. The Kier molecular flexibility index (Phi) is 7.38. The number of ether oxygens (including phenoxy) is 1. The van der Waals surface area contributed by atoms with E-state index in [0.717, 1.165) is 31.7 Å². The molecule has 6 heteroatoms. The Bertz CT molecular complexity index is 379. The summed E-state index contributed by atoms with van der Waals surface area (Å²) in [7, 11) is 0. The third-order valence-corrected chi connectivity index (χ3v) is 2.57. The summed E-state index contributed by atoms with van der Waals surface area (Å²) >= 11 is 0. The van der Waals surface area contributed by atoms with E-state index in [4.69, 9.17) is 20.8 Å². The third-order valence-electron chi connectivity index (χ3n) is 2.57. The smallest absolute Gasteiger partial charge is 0.170 e. The highest BCUT2D eigenvalue weighted by molar-refractivity contribution is 5.97. The lowest BCUT2D eigenvalue weighted by Crippen LogP contribution is -2.22. The van der Waals surface area contributed by atoms with Gasteiger partial charge in [0.05, 0.1) is 0 Å². The molecule has 0 saturated carbocycles. The fraction of sp³-hybridized carbons (Fsp3) is 0.462. The molecule has 0 radical (unpaired) electrons. The lowest BCUT2D eigenvalue weighted by molar-refractivity contribution is 0.281. The molecule has 0 aliphatic rings. The first-order chi connectivity index (χ1) is 9.27. The molecular weight excluding hydrogens is 246 g/mol. The zero-order valence-electron chi connectivity index (χ0n) is 10.9. The van der Waals surface area contributed by atoms with E-state index in [1.165, 1.54) is 0 Å². The van der Waals surface area contributed by atoms with E-state index in [-0.39, 0.29) is 12.4 Å². The normalized spacial score (nSPS) is 11.5. The summed E-state index contributed by atoms with van der Waals surface area (Å²) in [6.45, 7) is 2.45. The number of rotatable bonds is 9. The quantitative estimate of drug-likeness (QED) is 0.172. The van der Waals surface area contributed by atoms with Gasteiger partial charge in [0.25, 0.3) is 0 Å². The molecule has 1 aromatic carbocycles. The highest BCUT2D eigenvalue weighted by Gasteiger charge is 1.99. The molecule has 0 fully saturated rings. The highest BCUT2D eigenvalue weighted by atomic mass is 16.5. The van der Waals surface area contributed by atoms with E-state index in [2.05, 4.69) is 10.5 Å². The van der Waals surface area contributed by atoms with Crippen molar-refractivity contribution in [3.63, 3.8) is 0 Å². The minimum Gasteiger partial charge on any atom is -0.492 e. The van der Waals surface area contributed by atoms with Crippen LogP contribution in [0.1, 0.15) is 18.4 Å². The van der Waals surface area contributed by atoms with Crippen LogP contribution in [0.15, 0.2) is 29.4 Å². The van der Waals surface area contributed by atoms with E-state index >= 15 is 0 Å². The van der Waals surface area contributed by atoms with Gasteiger partial charge in [0.1, 0.15) is 12.4 Å². The van der Waals surface area contributed by atoms with Crippen molar-refractivity contribution in [2.24, 2.45) is 10.9 Å². The molecule has 0 saturated heterocycles. The Morgan fingerprint density at radius 3 is 2.58 bits per heavy atom. The van der Waals surface area contributed by atoms with E-state index in [1.54, 1.807) is 24.3 Å². The fourth-order valence-corrected chi connectivity index (χ4v) is 1.51. The van der Waals surface area contributed by atoms with Crippen molar-refractivity contribution in [2.45, 2.75) is 12.8 Å². The maximum absolute atomic E-state index is 8.61. The molecule has 0 unspecified atom stereocenters. The average molecular weight is 267 g/mol. The van der Waals surface area contributed by atoms with Gasteiger partial charge >= 0.3 is 0 Å². The zero-order valence-corrected chi connectivity index (χ0v) is 10.9. The van der Waals surface area contributed by atoms with Gasteiger partial charge in [0.2, 0.25) is 0 Å². The van der Waals surface area contributed by atoms with Crippen molar-refractivity contribution in [2.75, 3.05) is 26.3 Å². The number of aliphatic hydroxyl groups excluding tert-OH is 1. The predicted molar refractivity (Wildman–Crippen MR) is 73.6 cm³/mol. The molecule has 6 nitrogen and oxygen atoms in total. The molecule has 0 bridgehead atoms. The van der Waals surface area contributed by atoms with Gasteiger partial charge < -0.3 is 26.1 Å². The number of amidine groups is 1. The SMILES string of the molecule is N/C(=N/O)c1ccc(OCCNCCCCO)cc1. The van der Waals surface area contributed by atoms with Crippen molar-refractivity contribution >= 4 is 5.84 Å². The number of benzene rings is 1. The molecule has 106 valence electrons. The lowest BCUT2D eigenvalue weighted by Gasteiger charge is -2.08. The Hall–Kier alpha value is -1.79. The fourth-order valence-electron chi connectivity index (χ4n) is 1.51. The van der Waals surface area contributed by atoms with Gasteiger partial charge in [-0.3, -0.25) is 0 Å². The second-order valence-electron chi connectivity index (χ2n) is 4.04. The molecule has 1 aromatic rings. The van der Waals surface area contributed by atoms with Crippen molar-refractivity contribution in [1.82, 2.24) is 5.32 Å². The Balaban J connectivity index is 2.19. The van der Waals surface area contributed by atoms with Crippen LogP contribution >= 0.6 is 0 Å². The van der Waals surface area contributed by atoms with Crippen LogP contribution in [-0.2, 0) is 0 Å². The van der Waals surface area contributed by atoms with E-state index in [0.29, 0.717) is 12.2 Å². The molecule has 19 heavy (non-hydrogen) atoms. The summed E-state index contributed by atoms with van der Waals surface area (Å²) in [5.74, 6) is 0.823. The minimum absolute atomic E-state index is 0.0806. The van der Waals surface area contributed by atoms with Gasteiger partial charge in [-0.25, -0.2) is 0 Å². The highest BCUT2D eigenvalue weighted by Crippen LogP contribution is 2.11. The van der Waals surface area contributed by atoms with Crippen molar-refractivity contribution < 1.29 is 15.1 Å². The number of oxime groups is 1. The van der Waals surface area contributed by atoms with Crippen molar-refractivity contribution in [1.29, 1.82) is 0 Å². The van der Waals surface area contributed by atoms with Crippen molar-refractivity contribution in [3.05, 3.63) is 29.8 Å². The van der Waals surface area contributed by atoms with Gasteiger partial charge in [-0.1, -0.05) is 5.16 Å². The summed E-state index contributed by atoms with van der Waals surface area (Å²) in [6.07, 6.45) is 1.79. The first-order valence-electron chi connectivity index (χ1n) is 6.30. The van der Waals surface area contributed by atoms with Gasteiger partial charge in [-0.15, -0.1) is 0 Å². The molecular formula is C13H21N3O3. The molecule has 0 amide bonds. The van der Waals surface area contributed by atoms with Crippen LogP contribution in [0.25, 0.3) is 0 Å². The van der Waals surface area contributed by atoms with Gasteiger partial charge in [0.15, 0.2) is 5.84 Å². The third kappa shape index (κ3) is 6.08. The number of nitrogens with one attached hydrogen (secondary N) is 1. The molecule has 0 aliphatic heterocycles. The molecule has 0 spiro atoms. The van der Waals surface area contributed by atoms with Gasteiger partial charge in [-0.05, 0) is 43.7 Å². The standard InChI is InChI=1S/C13H21N3O3/c14-13(16-18)11-3-5-12(6-4-11)19-10-8-15-7-1-2-9-17/h3-6,15,17-18H,1-2,7-10H2,(H2,14,16). The topological polar surface area (TPSA) is 100 Å². The van der Waals surface area contributed by atoms with Crippen LogP contribution in [0.5, 0.6) is 5.75 Å². The van der Waals surface area contributed by atoms with Crippen LogP contribution in [0.4, 0.5) is 0 Å². The Morgan fingerprint density at radius 1 is 1.21 bits per heavy atom. The minimum atomic E-state index is 0.0806. The zero-order chi connectivity index (χ0) is 13.9. The number of unbranched alkanes of at least 4 members (excludes halogenated alkanes) is 1. The van der Waals surface area contributed by atoms with Crippen LogP contribution < -0.4 is 15.8 Å². The first kappa shape index (κ1) is 15.3. The Labute approximate surface area is 112 Å². The molecule has 1 rings (SSSR count). The van der Waals surface area contributed by atoms with Crippen LogP contribution in [0, 0.1) is 0 Å². The van der Waals surface area contributed by atoms with Crippen LogP contribution in [-0.4, -0.2) is 42.5 Å². The second kappa shape index (κ2) is 9.18. The van der Waals surface area contributed by atoms with E-state index < -0.39 is 0 Å². The van der Waals surface area contributed by atoms with Crippen LogP contribution in [0.2, 0.25) is 0 Å². The number of aliphatic hydroxyl groups is 1. The average Bonchev–Trinajstić information content (AvgIpc) is 2.46. The summed E-state index contributed by atoms with van der Waals surface area (Å²) in [5.41, 5.74) is 6.11. The van der Waals surface area contributed by atoms with E-state index in [1.807, 2.05) is 0 Å². The molecule has 0 aliphatic carbocycles. The monoisotopic (exact) mass is 267 g/mol. The molecule has 5 N–H and O–H groups in total. The summed E-state index contributed by atoms with van der Waals surface area (Å²) in [6, 6.07) is 7.02. The number of hydrogen-bond donors (Lipinski definition) is 4. The Morgan fingerprint density at radius 2 is 1.95 bits per heavy atom. The number of nitrogens with two attached hydrogens (primary N) is 1. The van der Waals surface area contributed by atoms with Gasteiger partial charge in [-0.2, -0.15) is 0 Å². The maximum Gasteiger partial charge on any atom is 0.170 e. The number of hydrogen-bond acceptors (Lipinski definition) is 5.